The first-order valence-electron chi connectivity index (χ1n) is 10.9. The van der Waals surface area contributed by atoms with Crippen molar-refractivity contribution in [3.05, 3.63) is 53.6 Å². The second kappa shape index (κ2) is 11.5. The van der Waals surface area contributed by atoms with Crippen molar-refractivity contribution >= 4 is 23.4 Å². The average molecular weight is 412 g/mol. The number of Topliss-reactive ketones (excluding diaryl/α,β-unsaturated/α-hetero) is 1. The smallest absolute Gasteiger partial charge is 0.268 e. The lowest BCUT2D eigenvalue weighted by molar-refractivity contribution is -0.141. The molecule has 1 fully saturated rings. The molecule has 1 unspecified atom stereocenters. The molecule has 30 heavy (non-hydrogen) atoms. The Morgan fingerprint density at radius 3 is 2.40 bits per heavy atom. The van der Waals surface area contributed by atoms with Gasteiger partial charge in [0.15, 0.2) is 5.78 Å². The van der Waals surface area contributed by atoms with Crippen LogP contribution in [0.2, 0.25) is 0 Å². The van der Waals surface area contributed by atoms with Crippen molar-refractivity contribution in [1.82, 2.24) is 4.90 Å². The van der Waals surface area contributed by atoms with Gasteiger partial charge in [-0.25, -0.2) is 0 Å². The summed E-state index contributed by atoms with van der Waals surface area (Å²) in [6.45, 7) is 6.04. The van der Waals surface area contributed by atoms with Gasteiger partial charge in [0, 0.05) is 5.56 Å². The van der Waals surface area contributed by atoms with Gasteiger partial charge in [0.05, 0.1) is 0 Å². The van der Waals surface area contributed by atoms with Crippen LogP contribution in [-0.4, -0.2) is 33.6 Å². The van der Waals surface area contributed by atoms with Crippen molar-refractivity contribution < 1.29 is 19.5 Å². The monoisotopic (exact) mass is 411 g/mol. The molecule has 1 heterocycles. The lowest BCUT2D eigenvalue weighted by atomic mass is 9.97. The average Bonchev–Trinajstić information content (AvgIpc) is 2.96. The van der Waals surface area contributed by atoms with E-state index in [1.165, 1.54) is 25.3 Å². The van der Waals surface area contributed by atoms with Crippen molar-refractivity contribution in [2.24, 2.45) is 5.92 Å². The van der Waals surface area contributed by atoms with Crippen LogP contribution >= 0.6 is 0 Å². The summed E-state index contributed by atoms with van der Waals surface area (Å²) in [4.78, 5) is 39.8. The van der Waals surface area contributed by atoms with Gasteiger partial charge in [0.1, 0.15) is 17.4 Å². The third-order valence-electron chi connectivity index (χ3n) is 5.24. The van der Waals surface area contributed by atoms with Crippen LogP contribution in [0.3, 0.4) is 0 Å². The van der Waals surface area contributed by atoms with Crippen molar-refractivity contribution in [2.75, 3.05) is 0 Å². The quantitative estimate of drug-likeness (QED) is 0.248. The number of aliphatic hydroxyl groups excluding tert-OH is 1. The Morgan fingerprint density at radius 2 is 1.77 bits per heavy atom. The molecule has 0 bridgehead atoms. The molecule has 5 heteroatoms. The lowest BCUT2D eigenvalue weighted by Crippen LogP contribution is -2.40. The highest BCUT2D eigenvalue weighted by Crippen LogP contribution is 2.30. The van der Waals surface area contributed by atoms with Gasteiger partial charge in [-0.2, -0.15) is 0 Å². The molecule has 0 aromatic heterocycles. The van der Waals surface area contributed by atoms with Gasteiger partial charge in [-0.05, 0) is 31.3 Å². The summed E-state index contributed by atoms with van der Waals surface area (Å²) < 4.78 is 0. The summed E-state index contributed by atoms with van der Waals surface area (Å²) in [5.74, 6) is -1.96. The Labute approximate surface area is 179 Å². The Bertz CT molecular complexity index is 808. The number of hydrogen-bond donors (Lipinski definition) is 1. The van der Waals surface area contributed by atoms with E-state index < -0.39 is 23.6 Å². The van der Waals surface area contributed by atoms with Crippen LogP contribution in [0.5, 0.6) is 0 Å². The zero-order valence-corrected chi connectivity index (χ0v) is 18.3. The highest BCUT2D eigenvalue weighted by atomic mass is 16.3. The molecule has 0 aliphatic carbocycles. The van der Waals surface area contributed by atoms with Crippen LogP contribution in [0.25, 0.3) is 5.76 Å². The van der Waals surface area contributed by atoms with Crippen LogP contribution < -0.4 is 0 Å². The molecule has 1 aromatic carbocycles. The molecule has 1 aliphatic rings. The molecule has 1 saturated heterocycles. The summed E-state index contributed by atoms with van der Waals surface area (Å²) >= 11 is 0. The van der Waals surface area contributed by atoms with Crippen LogP contribution in [0.15, 0.2) is 48.1 Å². The predicted octanol–water partition coefficient (Wildman–Crippen LogP) is 5.23. The van der Waals surface area contributed by atoms with Gasteiger partial charge in [-0.15, -0.1) is 0 Å². The van der Waals surface area contributed by atoms with E-state index in [-0.39, 0.29) is 17.3 Å². The van der Waals surface area contributed by atoms with Crippen molar-refractivity contribution in [2.45, 2.75) is 71.8 Å². The number of unbranched alkanes of at least 4 members (excludes halogenated alkanes) is 5. The summed E-state index contributed by atoms with van der Waals surface area (Å²) in [5, 5.41) is 10.6. The maximum atomic E-state index is 13.0. The first-order chi connectivity index (χ1) is 14.4. The number of carbonyl (C=O) groups is 3. The van der Waals surface area contributed by atoms with Crippen LogP contribution in [0.4, 0.5) is 0 Å². The molecule has 1 aromatic rings. The summed E-state index contributed by atoms with van der Waals surface area (Å²) in [6, 6.07) is 7.60. The number of imide groups is 1. The maximum Gasteiger partial charge on any atom is 0.268 e. The molecule has 2 amide bonds. The van der Waals surface area contributed by atoms with Gasteiger partial charge in [0.2, 0.25) is 0 Å². The molecule has 2 rings (SSSR count). The molecule has 0 saturated carbocycles. The van der Waals surface area contributed by atoms with Gasteiger partial charge >= 0.3 is 0 Å². The van der Waals surface area contributed by atoms with Crippen molar-refractivity contribution in [1.29, 1.82) is 0 Å². The zero-order valence-electron chi connectivity index (χ0n) is 18.3. The fourth-order valence-electron chi connectivity index (χ4n) is 3.65. The Kier molecular flexibility index (Phi) is 9.03. The van der Waals surface area contributed by atoms with Crippen LogP contribution in [-0.2, 0) is 14.4 Å². The Morgan fingerprint density at radius 1 is 1.10 bits per heavy atom. The number of benzene rings is 1. The standard InChI is InChI=1S/C25H33NO4/c1-4-5-6-7-8-9-13-16-21(27)26-20(17-18(2)3)24(29)22(25(26)30)23(28)19-14-11-10-12-15-19/h10-16,18,20,28H,4-9,17H2,1-3H3/b16-13+,23-22-. The van der Waals surface area contributed by atoms with E-state index in [1.807, 2.05) is 13.8 Å². The fourth-order valence-corrected chi connectivity index (χ4v) is 3.65. The van der Waals surface area contributed by atoms with Crippen molar-refractivity contribution in [3.8, 4) is 0 Å². The molecule has 0 radical (unpaired) electrons. The van der Waals surface area contributed by atoms with Crippen LogP contribution in [0, 0.1) is 5.92 Å². The van der Waals surface area contributed by atoms with E-state index in [9.17, 15) is 19.5 Å². The van der Waals surface area contributed by atoms with Gasteiger partial charge in [-0.1, -0.05) is 82.9 Å². The number of likely N-dealkylation sites (tertiary alicyclic amines) is 1. The van der Waals surface area contributed by atoms with Crippen LogP contribution in [0.1, 0.15) is 71.3 Å². The third kappa shape index (κ3) is 5.91. The SMILES string of the molecule is CCCCCCC/C=C/C(=O)N1C(=O)/C(=C(\O)c2ccccc2)C(=O)C1CC(C)C. The molecule has 162 valence electrons. The summed E-state index contributed by atoms with van der Waals surface area (Å²) in [7, 11) is 0. The molecular formula is C25H33NO4. The number of rotatable bonds is 10. The fraction of sp³-hybridized carbons (Fsp3) is 0.480. The van der Waals surface area contributed by atoms with E-state index in [2.05, 4.69) is 6.92 Å². The second-order valence-electron chi connectivity index (χ2n) is 8.22. The second-order valence-corrected chi connectivity index (χ2v) is 8.22. The molecule has 1 aliphatic heterocycles. The highest BCUT2D eigenvalue weighted by Gasteiger charge is 2.47. The zero-order chi connectivity index (χ0) is 22.1. The predicted molar refractivity (Wildman–Crippen MR) is 119 cm³/mol. The summed E-state index contributed by atoms with van der Waals surface area (Å²) in [6.07, 6.45) is 9.98. The Balaban J connectivity index is 2.21. The van der Waals surface area contributed by atoms with E-state index in [1.54, 1.807) is 36.4 Å². The number of aliphatic hydroxyl groups is 1. The minimum absolute atomic E-state index is 0.114. The molecule has 1 N–H and O–H groups in total. The largest absolute Gasteiger partial charge is 0.506 e. The first-order valence-corrected chi connectivity index (χ1v) is 10.9. The van der Waals surface area contributed by atoms with E-state index in [4.69, 9.17) is 0 Å². The molecular weight excluding hydrogens is 378 g/mol. The number of allylic oxidation sites excluding steroid dienone is 1. The number of ketones is 1. The number of carbonyl (C=O) groups excluding carboxylic acids is 3. The minimum atomic E-state index is -0.875. The minimum Gasteiger partial charge on any atom is -0.506 e. The van der Waals surface area contributed by atoms with Gasteiger partial charge in [-0.3, -0.25) is 19.3 Å². The number of hydrogen-bond acceptors (Lipinski definition) is 4. The van der Waals surface area contributed by atoms with E-state index in [0.29, 0.717) is 12.0 Å². The topological polar surface area (TPSA) is 74.7 Å². The number of amides is 2. The molecule has 0 spiro atoms. The molecule has 1 atom stereocenters. The summed E-state index contributed by atoms with van der Waals surface area (Å²) in [5.41, 5.74) is 0.0857. The van der Waals surface area contributed by atoms with Crippen molar-refractivity contribution in [3.63, 3.8) is 0 Å². The maximum absolute atomic E-state index is 13.0. The first kappa shape index (κ1) is 23.6. The Hall–Kier alpha value is -2.69. The van der Waals surface area contributed by atoms with E-state index >= 15 is 0 Å². The highest BCUT2D eigenvalue weighted by molar-refractivity contribution is 6.34. The molecule has 5 nitrogen and oxygen atoms in total. The van der Waals surface area contributed by atoms with Gasteiger partial charge < -0.3 is 5.11 Å². The third-order valence-corrected chi connectivity index (χ3v) is 5.24. The normalized spacial score (nSPS) is 18.7. The lowest BCUT2D eigenvalue weighted by Gasteiger charge is -2.21. The van der Waals surface area contributed by atoms with Gasteiger partial charge in [0.25, 0.3) is 11.8 Å². The number of nitrogens with zero attached hydrogens (tertiary/aromatic N) is 1. The van der Waals surface area contributed by atoms with E-state index in [0.717, 1.165) is 24.2 Å².